The van der Waals surface area contributed by atoms with E-state index in [1.165, 1.54) is 0 Å². The van der Waals surface area contributed by atoms with Crippen LogP contribution in [0.1, 0.15) is 12.0 Å². The van der Waals surface area contributed by atoms with E-state index in [0.29, 0.717) is 11.4 Å². The van der Waals surface area contributed by atoms with Crippen molar-refractivity contribution in [3.63, 3.8) is 0 Å². The van der Waals surface area contributed by atoms with E-state index in [0.717, 1.165) is 5.56 Å². The number of carbonyl (C=O) groups excluding carboxylic acids is 1. The van der Waals surface area contributed by atoms with Crippen LogP contribution in [0, 0.1) is 0 Å². The van der Waals surface area contributed by atoms with Crippen molar-refractivity contribution in [3.8, 4) is 5.75 Å². The number of carbonyl (C=O) groups is 1. The summed E-state index contributed by atoms with van der Waals surface area (Å²) in [4.78, 5) is 11.9. The molecule has 2 aromatic carbocycles. The molecule has 1 amide bonds. The van der Waals surface area contributed by atoms with Gasteiger partial charge >= 0.3 is 0 Å². The molecule has 0 spiro atoms. The van der Waals surface area contributed by atoms with E-state index in [2.05, 4.69) is 5.32 Å². The maximum absolute atomic E-state index is 12.0. The zero-order chi connectivity index (χ0) is 16.7. The highest BCUT2D eigenvalue weighted by Crippen LogP contribution is 2.15. The lowest BCUT2D eigenvalue weighted by Crippen LogP contribution is -2.18. The summed E-state index contributed by atoms with van der Waals surface area (Å²) >= 11 is 0. The maximum atomic E-state index is 12.0. The molecule has 0 radical (unpaired) electrons. The molecule has 6 heteroatoms. The van der Waals surface area contributed by atoms with Gasteiger partial charge in [0.15, 0.2) is 9.84 Å². The third-order valence-electron chi connectivity index (χ3n) is 3.24. The van der Waals surface area contributed by atoms with Gasteiger partial charge in [0.1, 0.15) is 5.75 Å². The molecule has 0 saturated heterocycles. The van der Waals surface area contributed by atoms with Gasteiger partial charge in [-0.1, -0.05) is 30.3 Å². The normalized spacial score (nSPS) is 11.0. The number of rotatable bonds is 7. The number of anilines is 1. The van der Waals surface area contributed by atoms with Crippen LogP contribution in [0.25, 0.3) is 0 Å². The molecule has 2 aromatic rings. The number of benzene rings is 2. The van der Waals surface area contributed by atoms with Crippen LogP contribution in [0.15, 0.2) is 54.6 Å². The first-order chi connectivity index (χ1) is 11.0. The Labute approximate surface area is 136 Å². The molecule has 122 valence electrons. The Balaban J connectivity index is 1.85. The molecule has 0 fully saturated rings. The van der Waals surface area contributed by atoms with Crippen molar-refractivity contribution in [2.75, 3.05) is 18.2 Å². The molecule has 0 aliphatic heterocycles. The lowest BCUT2D eigenvalue weighted by Gasteiger charge is -2.07. The van der Waals surface area contributed by atoms with Crippen molar-refractivity contribution in [3.05, 3.63) is 60.2 Å². The highest BCUT2D eigenvalue weighted by Gasteiger charge is 2.14. The van der Waals surface area contributed by atoms with E-state index in [9.17, 15) is 13.2 Å². The molecule has 5 nitrogen and oxygen atoms in total. The summed E-state index contributed by atoms with van der Waals surface area (Å²) in [6.45, 7) is 0. The summed E-state index contributed by atoms with van der Waals surface area (Å²) in [5, 5.41) is 2.67. The Morgan fingerprint density at radius 1 is 1.04 bits per heavy atom. The number of ether oxygens (including phenoxy) is 1. The van der Waals surface area contributed by atoms with Crippen molar-refractivity contribution in [1.82, 2.24) is 0 Å². The van der Waals surface area contributed by atoms with E-state index >= 15 is 0 Å². The molecule has 0 aromatic heterocycles. The van der Waals surface area contributed by atoms with E-state index in [4.69, 9.17) is 4.74 Å². The first kappa shape index (κ1) is 17.0. The molecule has 2 rings (SSSR count). The van der Waals surface area contributed by atoms with Crippen molar-refractivity contribution in [2.45, 2.75) is 12.2 Å². The van der Waals surface area contributed by atoms with Crippen LogP contribution in [0.4, 0.5) is 5.69 Å². The Morgan fingerprint density at radius 2 is 1.70 bits per heavy atom. The fraction of sp³-hybridized carbons (Fsp3) is 0.235. The van der Waals surface area contributed by atoms with Gasteiger partial charge in [-0.3, -0.25) is 4.79 Å². The summed E-state index contributed by atoms with van der Waals surface area (Å²) in [7, 11) is -1.75. The van der Waals surface area contributed by atoms with Gasteiger partial charge in [-0.2, -0.15) is 0 Å². The van der Waals surface area contributed by atoms with Crippen molar-refractivity contribution >= 4 is 21.4 Å². The first-order valence-corrected chi connectivity index (χ1v) is 8.99. The number of methoxy groups -OCH3 is 1. The van der Waals surface area contributed by atoms with Crippen LogP contribution in [0.5, 0.6) is 5.75 Å². The topological polar surface area (TPSA) is 72.5 Å². The predicted molar refractivity (Wildman–Crippen MR) is 90.2 cm³/mol. The molecule has 23 heavy (non-hydrogen) atoms. The fourth-order valence-corrected chi connectivity index (χ4v) is 3.39. The summed E-state index contributed by atoms with van der Waals surface area (Å²) in [6, 6.07) is 15.8. The van der Waals surface area contributed by atoms with Gasteiger partial charge in [0, 0.05) is 12.1 Å². The van der Waals surface area contributed by atoms with Crippen molar-refractivity contribution in [2.24, 2.45) is 0 Å². The second-order valence-corrected chi connectivity index (χ2v) is 7.29. The minimum absolute atomic E-state index is 0.0519. The molecular weight excluding hydrogens is 314 g/mol. The second-order valence-electron chi connectivity index (χ2n) is 5.10. The van der Waals surface area contributed by atoms with Crippen molar-refractivity contribution < 1.29 is 17.9 Å². The first-order valence-electron chi connectivity index (χ1n) is 7.17. The SMILES string of the molecule is COc1ccc(NC(=O)CCS(=O)(=O)Cc2ccccc2)cc1. The molecule has 0 saturated carbocycles. The van der Waals surface area contributed by atoms with E-state index in [1.54, 1.807) is 55.6 Å². The largest absolute Gasteiger partial charge is 0.497 e. The summed E-state index contributed by atoms with van der Waals surface area (Å²) < 4.78 is 29.1. The van der Waals surface area contributed by atoms with Gasteiger partial charge in [0.2, 0.25) is 5.91 Å². The van der Waals surface area contributed by atoms with Crippen LogP contribution in [0.2, 0.25) is 0 Å². The molecule has 0 heterocycles. The minimum Gasteiger partial charge on any atom is -0.497 e. The average molecular weight is 333 g/mol. The molecule has 1 N–H and O–H groups in total. The Morgan fingerprint density at radius 3 is 2.30 bits per heavy atom. The fourth-order valence-electron chi connectivity index (χ4n) is 2.05. The van der Waals surface area contributed by atoms with E-state index in [1.807, 2.05) is 6.07 Å². The smallest absolute Gasteiger partial charge is 0.225 e. The highest BCUT2D eigenvalue weighted by molar-refractivity contribution is 7.90. The van der Waals surface area contributed by atoms with Gasteiger partial charge in [-0.15, -0.1) is 0 Å². The number of hydrogen-bond donors (Lipinski definition) is 1. The average Bonchev–Trinajstić information content (AvgIpc) is 2.54. The van der Waals surface area contributed by atoms with Crippen LogP contribution in [0.3, 0.4) is 0 Å². The van der Waals surface area contributed by atoms with Gasteiger partial charge in [0.25, 0.3) is 0 Å². The van der Waals surface area contributed by atoms with Crippen LogP contribution in [-0.2, 0) is 20.4 Å². The molecular formula is C17H19NO4S. The van der Waals surface area contributed by atoms with Crippen molar-refractivity contribution in [1.29, 1.82) is 0 Å². The van der Waals surface area contributed by atoms with Gasteiger partial charge < -0.3 is 10.1 Å². The third kappa shape index (κ3) is 5.75. The van der Waals surface area contributed by atoms with Gasteiger partial charge in [0.05, 0.1) is 18.6 Å². The van der Waals surface area contributed by atoms with Crippen LogP contribution in [-0.4, -0.2) is 27.2 Å². The lowest BCUT2D eigenvalue weighted by atomic mass is 10.2. The highest BCUT2D eigenvalue weighted by atomic mass is 32.2. The number of nitrogens with one attached hydrogen (secondary N) is 1. The summed E-state index contributed by atoms with van der Waals surface area (Å²) in [6.07, 6.45) is -0.0683. The Kier molecular flexibility index (Phi) is 5.76. The van der Waals surface area contributed by atoms with E-state index in [-0.39, 0.29) is 23.8 Å². The standard InChI is InChI=1S/C17H19NO4S/c1-22-16-9-7-15(8-10-16)18-17(19)11-12-23(20,21)13-14-5-3-2-4-6-14/h2-10H,11-13H2,1H3,(H,18,19). The summed E-state index contributed by atoms with van der Waals surface area (Å²) in [5.41, 5.74) is 1.33. The number of amides is 1. The molecule has 0 unspecified atom stereocenters. The minimum atomic E-state index is -3.31. The Hall–Kier alpha value is -2.34. The number of sulfone groups is 1. The Bertz CT molecular complexity index is 740. The van der Waals surface area contributed by atoms with Gasteiger partial charge in [-0.25, -0.2) is 8.42 Å². The van der Waals surface area contributed by atoms with Crippen LogP contribution < -0.4 is 10.1 Å². The third-order valence-corrected chi connectivity index (χ3v) is 4.84. The quantitative estimate of drug-likeness (QED) is 0.845. The molecule has 0 aliphatic carbocycles. The molecule has 0 aliphatic rings. The zero-order valence-electron chi connectivity index (χ0n) is 12.9. The molecule has 0 bridgehead atoms. The maximum Gasteiger partial charge on any atom is 0.225 e. The van der Waals surface area contributed by atoms with Crippen LogP contribution >= 0.6 is 0 Å². The second kappa shape index (κ2) is 7.78. The van der Waals surface area contributed by atoms with Gasteiger partial charge in [-0.05, 0) is 29.8 Å². The monoisotopic (exact) mass is 333 g/mol. The zero-order valence-corrected chi connectivity index (χ0v) is 13.7. The summed E-state index contributed by atoms with van der Waals surface area (Å²) in [5.74, 6) is 0.133. The predicted octanol–water partition coefficient (Wildman–Crippen LogP) is 2.64. The van der Waals surface area contributed by atoms with E-state index < -0.39 is 9.84 Å². The molecule has 0 atom stereocenters. The lowest BCUT2D eigenvalue weighted by molar-refractivity contribution is -0.115. The number of hydrogen-bond acceptors (Lipinski definition) is 4.